The van der Waals surface area contributed by atoms with E-state index in [9.17, 15) is 38.2 Å². The summed E-state index contributed by atoms with van der Waals surface area (Å²) in [6, 6.07) is 46.3. The summed E-state index contributed by atoms with van der Waals surface area (Å²) < 4.78 is 81.7. The molecule has 11 atom stereocenters. The van der Waals surface area contributed by atoms with Crippen molar-refractivity contribution in [2.24, 2.45) is 0 Å². The van der Waals surface area contributed by atoms with Crippen LogP contribution in [0, 0.1) is 0 Å². The van der Waals surface area contributed by atoms with Crippen LogP contribution in [0.1, 0.15) is 135 Å². The van der Waals surface area contributed by atoms with Crippen LogP contribution < -0.4 is 9.79 Å². The highest BCUT2D eigenvalue weighted by Crippen LogP contribution is 2.45. The molecule has 1 unspecified atom stereocenters. The molecule has 0 amide bonds. The minimum atomic E-state index is -5.46. The fourth-order valence-electron chi connectivity index (χ4n) is 10.0. The van der Waals surface area contributed by atoms with Gasteiger partial charge in [-0.05, 0) is 120 Å². The topological polar surface area (TPSA) is 249 Å². The molecule has 2 aliphatic rings. The molecule has 0 spiro atoms. The summed E-state index contributed by atoms with van der Waals surface area (Å²) in [6.45, 7) is 14.6. The number of phosphoric acid groups is 1. The van der Waals surface area contributed by atoms with Crippen LogP contribution in [0.15, 0.2) is 195 Å². The third-order valence-corrected chi connectivity index (χ3v) is 16.0. The summed E-state index contributed by atoms with van der Waals surface area (Å²) in [5.74, 6) is -5.85. The first-order chi connectivity index (χ1) is 44.1. The maximum Gasteiger partial charge on any atom is 0.338 e. The van der Waals surface area contributed by atoms with Crippen molar-refractivity contribution in [2.45, 2.75) is 134 Å². The quantitative estimate of drug-likeness (QED) is 0.0145. The van der Waals surface area contributed by atoms with E-state index in [0.717, 1.165) is 32.1 Å². The summed E-state index contributed by atoms with van der Waals surface area (Å²) in [5.41, 5.74) is 0.184. The van der Waals surface area contributed by atoms with Gasteiger partial charge in [-0.2, -0.15) is 0 Å². The van der Waals surface area contributed by atoms with Gasteiger partial charge in [0.2, 0.25) is 6.29 Å². The number of hydrogen-bond donors (Lipinski definition) is 1. The molecule has 0 aromatic heterocycles. The molecule has 2 heterocycles. The van der Waals surface area contributed by atoms with E-state index in [4.69, 9.17) is 51.7 Å². The first kappa shape index (κ1) is 70.3. The second kappa shape index (κ2) is 36.6. The Balaban J connectivity index is 0.00000158. The Bertz CT molecular complexity index is 3250. The molecule has 0 aliphatic carbocycles. The molecule has 20 nitrogen and oxygen atoms in total. The number of ether oxygens (including phenoxy) is 9. The average Bonchev–Trinajstić information content (AvgIpc) is 1.31. The van der Waals surface area contributed by atoms with E-state index in [0.29, 0.717) is 12.8 Å². The molecule has 1 N–H and O–H groups in total. The zero-order valence-electron chi connectivity index (χ0n) is 51.6. The van der Waals surface area contributed by atoms with Crippen LogP contribution >= 0.6 is 7.82 Å². The van der Waals surface area contributed by atoms with Gasteiger partial charge < -0.3 is 56.9 Å². The average molecular weight is 1270 g/mol. The van der Waals surface area contributed by atoms with Gasteiger partial charge in [-0.15, -0.1) is 6.58 Å². The Morgan fingerprint density at radius 3 is 1.19 bits per heavy atom. The number of rotatable bonds is 30. The molecule has 0 saturated carbocycles. The SMILES string of the molecule is C=CCCCCCCCCOP(=O)([O-])O[C@H]1O[C@H](COC(=O)c2ccccc2)[C@@H](O[C@H]2O[C@H](C)[C@H](OC(=O)c3ccccc3)[C@H](OC(=O)c3ccccc3)[C@H]2OC(=O)c2ccccc2)[C@H](OC(=O)c2ccccc2)[C@@H]1OC(=O)c1ccccc1.CC[NH+](CC)CC. The molecule has 2 aliphatic heterocycles. The fourth-order valence-corrected chi connectivity index (χ4v) is 10.8. The molecule has 2 saturated heterocycles. The standard InChI is InChI=1S/C64H65O19P.C6H15N/c1-3-4-5-6-7-8-9-28-41-74-84(71,72)83-64-56(81-62(70)49-39-26-15-27-40-49)54(79-60(68)47-35-22-13-23-36-47)52(50(76-64)42-73-57(65)44-29-16-10-17-30-44)82-63-55(80-61(69)48-37-24-14-25-38-48)53(78-59(67)46-33-20-12-21-34-46)51(43(2)75-63)77-58(66)45-31-18-11-19-32-45;1-4-7(5-2)6-3/h3,10-27,29-40,43,50-56,63-64H,1,4-9,28,41-42H2,2H3,(H,71,72);4-6H2,1-3H3/t43-,50-,51+,52-,53+,54+,55-,56+,63-,64-;/m1./s1. The van der Waals surface area contributed by atoms with Crippen LogP contribution in [0.2, 0.25) is 0 Å². The lowest BCUT2D eigenvalue weighted by molar-refractivity contribution is -0.894. The first-order valence-electron chi connectivity index (χ1n) is 30.7. The lowest BCUT2D eigenvalue weighted by atomic mass is 9.96. The van der Waals surface area contributed by atoms with Gasteiger partial charge in [-0.1, -0.05) is 141 Å². The summed E-state index contributed by atoms with van der Waals surface area (Å²) in [6.07, 6.45) is -11.2. The van der Waals surface area contributed by atoms with Crippen LogP contribution in [-0.4, -0.2) is 130 Å². The number of allylic oxidation sites excluding steroid dienone is 1. The number of quaternary nitrogens is 1. The lowest BCUT2D eigenvalue weighted by Gasteiger charge is -2.49. The largest absolute Gasteiger partial charge is 0.756 e. The van der Waals surface area contributed by atoms with Gasteiger partial charge in [-0.3, -0.25) is 9.09 Å². The third-order valence-electron chi connectivity index (χ3n) is 15.0. The van der Waals surface area contributed by atoms with E-state index in [-0.39, 0.29) is 40.0 Å². The first-order valence-corrected chi connectivity index (χ1v) is 32.2. The molecule has 2 fully saturated rings. The van der Waals surface area contributed by atoms with E-state index >= 15 is 0 Å². The number of nitrogens with one attached hydrogen (secondary N) is 1. The molecule has 21 heteroatoms. The van der Waals surface area contributed by atoms with Gasteiger partial charge in [0.25, 0.3) is 7.82 Å². The van der Waals surface area contributed by atoms with Gasteiger partial charge in [0, 0.05) is 0 Å². The second-order valence-electron chi connectivity index (χ2n) is 21.4. The smallest absolute Gasteiger partial charge is 0.338 e. The van der Waals surface area contributed by atoms with Crippen molar-refractivity contribution in [2.75, 3.05) is 32.8 Å². The number of hydrogen-bond acceptors (Lipinski definition) is 19. The van der Waals surface area contributed by atoms with Gasteiger partial charge in [0.15, 0.2) is 36.8 Å². The van der Waals surface area contributed by atoms with Crippen molar-refractivity contribution in [3.05, 3.63) is 228 Å². The van der Waals surface area contributed by atoms with Crippen LogP contribution in [0.5, 0.6) is 0 Å². The van der Waals surface area contributed by atoms with Crippen molar-refractivity contribution in [1.29, 1.82) is 0 Å². The third kappa shape index (κ3) is 21.5. The van der Waals surface area contributed by atoms with Crippen molar-refractivity contribution in [3.63, 3.8) is 0 Å². The molecule has 0 radical (unpaired) electrons. The monoisotopic (exact) mass is 1270 g/mol. The number of carbonyl (C=O) groups is 6. The minimum absolute atomic E-state index is 0.0126. The Kier molecular flexibility index (Phi) is 28.3. The van der Waals surface area contributed by atoms with Crippen LogP contribution in [0.3, 0.4) is 0 Å². The van der Waals surface area contributed by atoms with Crippen molar-refractivity contribution >= 4 is 43.6 Å². The molecule has 6 aromatic carbocycles. The predicted octanol–water partition coefficient (Wildman–Crippen LogP) is 10.2. The van der Waals surface area contributed by atoms with Crippen molar-refractivity contribution in [1.82, 2.24) is 0 Å². The Morgan fingerprint density at radius 1 is 0.462 bits per heavy atom. The van der Waals surface area contributed by atoms with E-state index in [2.05, 4.69) is 27.4 Å². The maximum atomic E-state index is 14.6. The van der Waals surface area contributed by atoms with Gasteiger partial charge in [0.05, 0.1) is 65.7 Å². The number of unbranched alkanes of at least 4 members (excludes halogenated alkanes) is 6. The van der Waals surface area contributed by atoms with Crippen LogP contribution in [-0.2, 0) is 56.2 Å². The van der Waals surface area contributed by atoms with E-state index in [1.807, 2.05) is 6.08 Å². The molecule has 91 heavy (non-hydrogen) atoms. The molecule has 6 aromatic rings. The Hall–Kier alpha value is -8.17. The number of esters is 6. The normalized spacial score (nSPS) is 21.7. The summed E-state index contributed by atoms with van der Waals surface area (Å²) in [5, 5.41) is 0. The minimum Gasteiger partial charge on any atom is -0.756 e. The van der Waals surface area contributed by atoms with E-state index in [1.54, 1.807) is 114 Å². The van der Waals surface area contributed by atoms with Crippen LogP contribution in [0.25, 0.3) is 0 Å². The molecule has 8 rings (SSSR count). The molecular formula is C70H80NO19P. The highest BCUT2D eigenvalue weighted by atomic mass is 31.2. The summed E-state index contributed by atoms with van der Waals surface area (Å²) in [4.78, 5) is 101. The number of phosphoric ester groups is 1. The highest BCUT2D eigenvalue weighted by molar-refractivity contribution is 7.45. The predicted molar refractivity (Wildman–Crippen MR) is 333 cm³/mol. The van der Waals surface area contributed by atoms with E-state index in [1.165, 1.54) is 99.4 Å². The summed E-state index contributed by atoms with van der Waals surface area (Å²) in [7, 11) is -5.46. The molecule has 484 valence electrons. The zero-order chi connectivity index (χ0) is 65.0. The summed E-state index contributed by atoms with van der Waals surface area (Å²) >= 11 is 0. The van der Waals surface area contributed by atoms with Crippen molar-refractivity contribution < 1.29 is 94.8 Å². The van der Waals surface area contributed by atoms with Crippen molar-refractivity contribution in [3.8, 4) is 0 Å². The lowest BCUT2D eigenvalue weighted by Crippen LogP contribution is -3.11. The number of carbonyl (C=O) groups excluding carboxylic acids is 6. The van der Waals surface area contributed by atoms with E-state index < -0.39 is 112 Å². The number of benzene rings is 6. The van der Waals surface area contributed by atoms with Crippen LogP contribution in [0.4, 0.5) is 0 Å². The Morgan fingerprint density at radius 2 is 0.802 bits per heavy atom. The van der Waals surface area contributed by atoms with Gasteiger partial charge in [0.1, 0.15) is 18.8 Å². The zero-order valence-corrected chi connectivity index (χ0v) is 52.5. The molecule has 0 bridgehead atoms. The highest BCUT2D eigenvalue weighted by Gasteiger charge is 2.58. The maximum absolute atomic E-state index is 14.6. The van der Waals surface area contributed by atoms with Gasteiger partial charge in [-0.25, -0.2) is 28.8 Å². The Labute approximate surface area is 531 Å². The van der Waals surface area contributed by atoms with Gasteiger partial charge >= 0.3 is 35.8 Å². The molecular weight excluding hydrogens is 1190 g/mol. The fraction of sp³-hybridized carbons (Fsp3) is 0.371. The second-order valence-corrected chi connectivity index (χ2v) is 22.8.